The number of nitrogens with one attached hydrogen (secondary N) is 1. The normalized spacial score (nSPS) is 20.9. The van der Waals surface area contributed by atoms with E-state index < -0.39 is 5.25 Å². The molecular weight excluding hydrogens is 326 g/mol. The van der Waals surface area contributed by atoms with Crippen LogP contribution >= 0.6 is 11.8 Å². The standard InChI is InChI=1S/C17H21N3O3S/c1-11-3-4-12(2)13(9-11)18-15(21)10-14-16(22)19-17(24-14)20-5-7-23-8-6-20/h3-4,9,14H,5-8,10H2,1-2H3,(H,18,21)/t14-/m1/s1. The van der Waals surface area contributed by atoms with Gasteiger partial charge in [-0.15, -0.1) is 0 Å². The number of rotatable bonds is 3. The van der Waals surface area contributed by atoms with Crippen LogP contribution in [0.25, 0.3) is 0 Å². The molecule has 7 heteroatoms. The van der Waals surface area contributed by atoms with E-state index in [-0.39, 0.29) is 18.2 Å². The number of benzene rings is 1. The molecule has 0 unspecified atom stereocenters. The highest BCUT2D eigenvalue weighted by atomic mass is 32.2. The van der Waals surface area contributed by atoms with Crippen molar-refractivity contribution in [2.45, 2.75) is 25.5 Å². The molecule has 0 aliphatic carbocycles. The molecule has 1 atom stereocenters. The van der Waals surface area contributed by atoms with Gasteiger partial charge in [0.25, 0.3) is 5.91 Å². The second-order valence-corrected chi connectivity index (χ2v) is 7.18. The number of morpholine rings is 1. The highest BCUT2D eigenvalue weighted by Gasteiger charge is 2.33. The maximum absolute atomic E-state index is 12.3. The van der Waals surface area contributed by atoms with Gasteiger partial charge in [-0.1, -0.05) is 23.9 Å². The minimum absolute atomic E-state index is 0.133. The van der Waals surface area contributed by atoms with Gasteiger partial charge >= 0.3 is 0 Å². The number of carbonyl (C=O) groups is 2. The van der Waals surface area contributed by atoms with E-state index in [4.69, 9.17) is 4.74 Å². The molecule has 1 N–H and O–H groups in total. The molecule has 0 bridgehead atoms. The monoisotopic (exact) mass is 347 g/mol. The molecular formula is C17H21N3O3S. The van der Waals surface area contributed by atoms with Gasteiger partial charge < -0.3 is 15.0 Å². The van der Waals surface area contributed by atoms with E-state index in [1.165, 1.54) is 11.8 Å². The van der Waals surface area contributed by atoms with Crippen LogP contribution in [0.5, 0.6) is 0 Å². The first-order chi connectivity index (χ1) is 11.5. The number of aliphatic imine (C=N–C) groups is 1. The van der Waals surface area contributed by atoms with Crippen LogP contribution in [-0.4, -0.2) is 53.4 Å². The predicted octanol–water partition coefficient (Wildman–Crippen LogP) is 1.96. The van der Waals surface area contributed by atoms with Crippen molar-refractivity contribution < 1.29 is 14.3 Å². The Hall–Kier alpha value is -1.86. The molecule has 2 aliphatic rings. The minimum Gasteiger partial charge on any atom is -0.378 e. The van der Waals surface area contributed by atoms with E-state index in [9.17, 15) is 9.59 Å². The van der Waals surface area contributed by atoms with Crippen LogP contribution in [0.3, 0.4) is 0 Å². The largest absolute Gasteiger partial charge is 0.378 e. The summed E-state index contributed by atoms with van der Waals surface area (Å²) in [5, 5.41) is 3.18. The summed E-state index contributed by atoms with van der Waals surface area (Å²) in [7, 11) is 0. The molecule has 0 radical (unpaired) electrons. The first-order valence-electron chi connectivity index (χ1n) is 8.02. The molecule has 0 aromatic heterocycles. The van der Waals surface area contributed by atoms with Crippen molar-refractivity contribution in [3.8, 4) is 0 Å². The van der Waals surface area contributed by atoms with Crippen molar-refractivity contribution in [3.05, 3.63) is 29.3 Å². The van der Waals surface area contributed by atoms with Crippen molar-refractivity contribution >= 4 is 34.4 Å². The maximum Gasteiger partial charge on any atom is 0.262 e. The third-order valence-electron chi connectivity index (χ3n) is 4.05. The number of ether oxygens (including phenoxy) is 1. The van der Waals surface area contributed by atoms with Crippen LogP contribution in [0.1, 0.15) is 17.5 Å². The molecule has 6 nitrogen and oxygen atoms in total. The molecule has 0 spiro atoms. The fraction of sp³-hybridized carbons (Fsp3) is 0.471. The molecule has 24 heavy (non-hydrogen) atoms. The average Bonchev–Trinajstić information content (AvgIpc) is 2.92. The van der Waals surface area contributed by atoms with Crippen LogP contribution in [-0.2, 0) is 14.3 Å². The number of hydrogen-bond acceptors (Lipinski definition) is 5. The van der Waals surface area contributed by atoms with Crippen molar-refractivity contribution in [2.75, 3.05) is 31.6 Å². The van der Waals surface area contributed by atoms with Crippen LogP contribution in [0.15, 0.2) is 23.2 Å². The highest BCUT2D eigenvalue weighted by molar-refractivity contribution is 8.15. The second kappa shape index (κ2) is 7.36. The third kappa shape index (κ3) is 3.96. The number of amides is 2. The fourth-order valence-corrected chi connectivity index (χ4v) is 3.76. The van der Waals surface area contributed by atoms with Crippen molar-refractivity contribution in [2.24, 2.45) is 4.99 Å². The first kappa shape index (κ1) is 17.0. The number of anilines is 1. The molecule has 1 aromatic carbocycles. The Morgan fingerprint density at radius 2 is 2.12 bits per heavy atom. The van der Waals surface area contributed by atoms with Gasteiger partial charge in [0, 0.05) is 25.2 Å². The van der Waals surface area contributed by atoms with E-state index in [1.54, 1.807) is 0 Å². The number of carbonyl (C=O) groups excluding carboxylic acids is 2. The zero-order chi connectivity index (χ0) is 17.1. The Kier molecular flexibility index (Phi) is 5.20. The summed E-state index contributed by atoms with van der Waals surface area (Å²) < 4.78 is 5.31. The number of aryl methyl sites for hydroxylation is 2. The molecule has 128 valence electrons. The Morgan fingerprint density at radius 3 is 2.88 bits per heavy atom. The van der Waals surface area contributed by atoms with Gasteiger partial charge in [0.1, 0.15) is 5.25 Å². The number of amidine groups is 1. The smallest absolute Gasteiger partial charge is 0.262 e. The summed E-state index contributed by atoms with van der Waals surface area (Å²) in [6.07, 6.45) is 0.133. The van der Waals surface area contributed by atoms with Crippen molar-refractivity contribution in [1.29, 1.82) is 0 Å². The van der Waals surface area contributed by atoms with Gasteiger partial charge in [0.2, 0.25) is 5.91 Å². The van der Waals surface area contributed by atoms with Gasteiger partial charge in [-0.3, -0.25) is 9.59 Å². The number of nitrogens with zero attached hydrogens (tertiary/aromatic N) is 2. The van der Waals surface area contributed by atoms with Gasteiger partial charge in [-0.05, 0) is 31.0 Å². The van der Waals surface area contributed by atoms with E-state index >= 15 is 0 Å². The summed E-state index contributed by atoms with van der Waals surface area (Å²) in [6.45, 7) is 6.69. The summed E-state index contributed by atoms with van der Waals surface area (Å²) in [4.78, 5) is 30.6. The van der Waals surface area contributed by atoms with Gasteiger partial charge in [-0.2, -0.15) is 4.99 Å². The van der Waals surface area contributed by atoms with Crippen LogP contribution in [0.4, 0.5) is 5.69 Å². The molecule has 2 aliphatic heterocycles. The van der Waals surface area contributed by atoms with Crippen LogP contribution in [0, 0.1) is 13.8 Å². The topological polar surface area (TPSA) is 71.0 Å². The summed E-state index contributed by atoms with van der Waals surface area (Å²) in [5.41, 5.74) is 2.88. The molecule has 0 saturated carbocycles. The zero-order valence-electron chi connectivity index (χ0n) is 13.9. The maximum atomic E-state index is 12.3. The summed E-state index contributed by atoms with van der Waals surface area (Å²) in [6, 6.07) is 5.91. The van der Waals surface area contributed by atoms with Gasteiger partial charge in [0.15, 0.2) is 5.17 Å². The summed E-state index contributed by atoms with van der Waals surface area (Å²) >= 11 is 1.38. The lowest BCUT2D eigenvalue weighted by Gasteiger charge is -2.27. The Balaban J connectivity index is 1.57. The molecule has 2 amide bonds. The Morgan fingerprint density at radius 1 is 1.38 bits per heavy atom. The van der Waals surface area contributed by atoms with Crippen molar-refractivity contribution in [3.63, 3.8) is 0 Å². The Bertz CT molecular complexity index is 684. The molecule has 1 aromatic rings. The lowest BCUT2D eigenvalue weighted by atomic mass is 10.1. The fourth-order valence-electron chi connectivity index (χ4n) is 2.64. The van der Waals surface area contributed by atoms with Gasteiger partial charge in [0.05, 0.1) is 13.2 Å². The lowest BCUT2D eigenvalue weighted by molar-refractivity contribution is -0.121. The van der Waals surface area contributed by atoms with E-state index in [0.717, 1.165) is 29.9 Å². The predicted molar refractivity (Wildman–Crippen MR) is 95.4 cm³/mol. The number of thioether (sulfide) groups is 1. The zero-order valence-corrected chi connectivity index (χ0v) is 14.7. The molecule has 1 fully saturated rings. The number of hydrogen-bond donors (Lipinski definition) is 1. The quantitative estimate of drug-likeness (QED) is 0.905. The second-order valence-electron chi connectivity index (χ2n) is 6.01. The lowest BCUT2D eigenvalue weighted by Crippen LogP contribution is -2.39. The van der Waals surface area contributed by atoms with Crippen LogP contribution in [0.2, 0.25) is 0 Å². The third-order valence-corrected chi connectivity index (χ3v) is 5.26. The SMILES string of the molecule is Cc1ccc(C)c(NC(=O)C[C@H]2SC(N3CCOCC3)=NC2=O)c1. The molecule has 2 heterocycles. The van der Waals surface area contributed by atoms with E-state index in [1.807, 2.05) is 32.0 Å². The minimum atomic E-state index is -0.437. The van der Waals surface area contributed by atoms with E-state index in [2.05, 4.69) is 15.2 Å². The van der Waals surface area contributed by atoms with Crippen LogP contribution < -0.4 is 5.32 Å². The average molecular weight is 347 g/mol. The summed E-state index contributed by atoms with van der Waals surface area (Å²) in [5.74, 6) is -0.384. The van der Waals surface area contributed by atoms with Crippen molar-refractivity contribution in [1.82, 2.24) is 4.90 Å². The van der Waals surface area contributed by atoms with E-state index in [0.29, 0.717) is 18.4 Å². The first-order valence-corrected chi connectivity index (χ1v) is 8.90. The van der Waals surface area contributed by atoms with Gasteiger partial charge in [-0.25, -0.2) is 0 Å². The molecule has 3 rings (SSSR count). The Labute approximate surface area is 145 Å². The highest BCUT2D eigenvalue weighted by Crippen LogP contribution is 2.28. The molecule has 1 saturated heterocycles.